The molecule has 0 saturated carbocycles. The van der Waals surface area contributed by atoms with Gasteiger partial charge >= 0.3 is 0 Å². The van der Waals surface area contributed by atoms with E-state index in [4.69, 9.17) is 4.74 Å². The predicted octanol–water partition coefficient (Wildman–Crippen LogP) is 2.43. The molecule has 1 aromatic rings. The Kier molecular flexibility index (Phi) is 4.97. The van der Waals surface area contributed by atoms with Crippen LogP contribution in [0.3, 0.4) is 0 Å². The van der Waals surface area contributed by atoms with E-state index in [1.54, 1.807) is 0 Å². The number of nitrogens with zero attached hydrogens (tertiary/aromatic N) is 1. The van der Waals surface area contributed by atoms with Crippen LogP contribution < -0.4 is 0 Å². The number of likely N-dealkylation sites (N-methyl/N-ethyl adjacent to an activating group) is 1. The molecule has 1 aliphatic rings. The van der Waals surface area contributed by atoms with Gasteiger partial charge < -0.3 is 9.64 Å². The molecule has 3 heteroatoms. The van der Waals surface area contributed by atoms with Gasteiger partial charge in [-0.15, -0.1) is 0 Å². The second-order valence-corrected chi connectivity index (χ2v) is 5.12. The van der Waals surface area contributed by atoms with Crippen LogP contribution in [0.15, 0.2) is 24.3 Å². The fourth-order valence-electron chi connectivity index (χ4n) is 2.69. The Bertz CT molecular complexity index is 431. The molecule has 0 unspecified atom stereocenters. The van der Waals surface area contributed by atoms with Crippen LogP contribution >= 0.6 is 0 Å². The molecule has 0 saturated heterocycles. The molecule has 0 N–H and O–H groups in total. The highest BCUT2D eigenvalue weighted by Crippen LogP contribution is 2.24. The lowest BCUT2D eigenvalue weighted by Gasteiger charge is -2.32. The fraction of sp³-hybridized carbons (Fsp3) is 0.562. The van der Waals surface area contributed by atoms with Crippen molar-refractivity contribution in [1.82, 2.24) is 4.90 Å². The van der Waals surface area contributed by atoms with Crippen molar-refractivity contribution in [1.29, 1.82) is 0 Å². The molecule has 0 radical (unpaired) electrons. The van der Waals surface area contributed by atoms with Crippen LogP contribution in [0.25, 0.3) is 0 Å². The van der Waals surface area contributed by atoms with Crippen LogP contribution in [0.2, 0.25) is 0 Å². The molecule has 3 nitrogen and oxygen atoms in total. The molecule has 2 rings (SSSR count). The van der Waals surface area contributed by atoms with Crippen molar-refractivity contribution in [3.05, 3.63) is 35.4 Å². The molecule has 104 valence electrons. The number of rotatable bonds is 5. The molecular weight excluding hydrogens is 238 g/mol. The lowest BCUT2D eigenvalue weighted by molar-refractivity contribution is -0.133. The normalized spacial score (nSPS) is 17.9. The zero-order valence-electron chi connectivity index (χ0n) is 11.9. The van der Waals surface area contributed by atoms with Gasteiger partial charge in [-0.25, -0.2) is 0 Å². The second-order valence-electron chi connectivity index (χ2n) is 5.12. The molecule has 0 aromatic heterocycles. The maximum absolute atomic E-state index is 12.1. The van der Waals surface area contributed by atoms with Crippen LogP contribution in [0.4, 0.5) is 0 Å². The molecular formula is C16H23NO2. The molecule has 19 heavy (non-hydrogen) atoms. The molecule has 1 aliphatic carbocycles. The Morgan fingerprint density at radius 2 is 2.11 bits per heavy atom. The minimum absolute atomic E-state index is 0.192. The third-order valence-electron chi connectivity index (χ3n) is 3.93. The number of hydrogen-bond donors (Lipinski definition) is 0. The number of fused-ring (bicyclic) bond motifs is 1. The third kappa shape index (κ3) is 3.57. The van der Waals surface area contributed by atoms with Gasteiger partial charge in [0.2, 0.25) is 5.91 Å². The van der Waals surface area contributed by atoms with E-state index in [0.717, 1.165) is 19.3 Å². The highest BCUT2D eigenvalue weighted by molar-refractivity contribution is 5.76. The van der Waals surface area contributed by atoms with Crippen molar-refractivity contribution in [2.45, 2.75) is 38.6 Å². The fourth-order valence-corrected chi connectivity index (χ4v) is 2.69. The molecule has 0 heterocycles. The predicted molar refractivity (Wildman–Crippen MR) is 76.1 cm³/mol. The van der Waals surface area contributed by atoms with Gasteiger partial charge in [0, 0.05) is 19.7 Å². The van der Waals surface area contributed by atoms with E-state index in [2.05, 4.69) is 24.3 Å². The topological polar surface area (TPSA) is 29.5 Å². The van der Waals surface area contributed by atoms with Crippen molar-refractivity contribution >= 4 is 5.91 Å². The maximum Gasteiger partial charge on any atom is 0.224 e. The molecule has 0 fully saturated rings. The summed E-state index contributed by atoms with van der Waals surface area (Å²) in [6, 6.07) is 8.89. The quantitative estimate of drug-likeness (QED) is 0.762. The Hall–Kier alpha value is -1.35. The summed E-state index contributed by atoms with van der Waals surface area (Å²) in [7, 11) is 1.92. The SMILES string of the molecule is CCOCCC(=O)N(C)[C@@H]1CCc2ccccc2C1. The van der Waals surface area contributed by atoms with Crippen molar-refractivity contribution in [3.63, 3.8) is 0 Å². The van der Waals surface area contributed by atoms with Crippen LogP contribution in [0, 0.1) is 0 Å². The lowest BCUT2D eigenvalue weighted by atomic mass is 9.87. The van der Waals surface area contributed by atoms with E-state index < -0.39 is 0 Å². The Balaban J connectivity index is 1.91. The van der Waals surface area contributed by atoms with Gasteiger partial charge in [0.05, 0.1) is 13.0 Å². The van der Waals surface area contributed by atoms with Gasteiger partial charge in [-0.3, -0.25) is 4.79 Å². The standard InChI is InChI=1S/C16H23NO2/c1-3-19-11-10-16(18)17(2)15-9-8-13-6-4-5-7-14(13)12-15/h4-7,15H,3,8-12H2,1-2H3/t15-/m1/s1. The second kappa shape index (κ2) is 6.71. The summed E-state index contributed by atoms with van der Waals surface area (Å²) in [5, 5.41) is 0. The first-order valence-corrected chi connectivity index (χ1v) is 7.12. The van der Waals surface area contributed by atoms with E-state index in [9.17, 15) is 4.79 Å². The number of carbonyl (C=O) groups is 1. The summed E-state index contributed by atoms with van der Waals surface area (Å²) in [5.74, 6) is 0.192. The van der Waals surface area contributed by atoms with E-state index >= 15 is 0 Å². The Labute approximate surface area is 115 Å². The summed E-state index contributed by atoms with van der Waals surface area (Å²) in [6.07, 6.45) is 3.60. The Morgan fingerprint density at radius 3 is 2.84 bits per heavy atom. The monoisotopic (exact) mass is 261 g/mol. The van der Waals surface area contributed by atoms with Gasteiger partial charge in [-0.1, -0.05) is 24.3 Å². The van der Waals surface area contributed by atoms with E-state index in [1.807, 2.05) is 18.9 Å². The number of aryl methyl sites for hydroxylation is 1. The molecule has 1 atom stereocenters. The summed E-state index contributed by atoms with van der Waals surface area (Å²) in [4.78, 5) is 14.0. The van der Waals surface area contributed by atoms with Crippen molar-refractivity contribution in [2.75, 3.05) is 20.3 Å². The van der Waals surface area contributed by atoms with E-state index in [1.165, 1.54) is 11.1 Å². The molecule has 0 spiro atoms. The zero-order chi connectivity index (χ0) is 13.7. The molecule has 1 amide bonds. The number of ether oxygens (including phenoxy) is 1. The number of carbonyl (C=O) groups excluding carboxylic acids is 1. The van der Waals surface area contributed by atoms with Crippen LogP contribution in [-0.2, 0) is 22.4 Å². The summed E-state index contributed by atoms with van der Waals surface area (Å²) in [5.41, 5.74) is 2.83. The molecule has 0 aliphatic heterocycles. The molecule has 0 bridgehead atoms. The van der Waals surface area contributed by atoms with Crippen LogP contribution in [0.1, 0.15) is 30.9 Å². The highest BCUT2D eigenvalue weighted by Gasteiger charge is 2.24. The smallest absolute Gasteiger partial charge is 0.224 e. The molecule has 1 aromatic carbocycles. The Morgan fingerprint density at radius 1 is 1.37 bits per heavy atom. The highest BCUT2D eigenvalue weighted by atomic mass is 16.5. The van der Waals surface area contributed by atoms with Gasteiger partial charge in [0.15, 0.2) is 0 Å². The lowest BCUT2D eigenvalue weighted by Crippen LogP contribution is -2.40. The van der Waals surface area contributed by atoms with Crippen molar-refractivity contribution in [2.24, 2.45) is 0 Å². The van der Waals surface area contributed by atoms with Crippen LogP contribution in [0.5, 0.6) is 0 Å². The first kappa shape index (κ1) is 14.1. The number of hydrogen-bond acceptors (Lipinski definition) is 2. The van der Waals surface area contributed by atoms with Crippen molar-refractivity contribution in [3.8, 4) is 0 Å². The first-order chi connectivity index (χ1) is 9.22. The first-order valence-electron chi connectivity index (χ1n) is 7.12. The van der Waals surface area contributed by atoms with Crippen LogP contribution in [-0.4, -0.2) is 37.1 Å². The summed E-state index contributed by atoms with van der Waals surface area (Å²) < 4.78 is 5.25. The zero-order valence-corrected chi connectivity index (χ0v) is 11.9. The average molecular weight is 261 g/mol. The van der Waals surface area contributed by atoms with E-state index in [-0.39, 0.29) is 5.91 Å². The number of benzene rings is 1. The number of amides is 1. The summed E-state index contributed by atoms with van der Waals surface area (Å²) >= 11 is 0. The maximum atomic E-state index is 12.1. The van der Waals surface area contributed by atoms with E-state index in [0.29, 0.717) is 25.7 Å². The summed E-state index contributed by atoms with van der Waals surface area (Å²) in [6.45, 7) is 3.16. The van der Waals surface area contributed by atoms with Gasteiger partial charge in [-0.05, 0) is 37.3 Å². The average Bonchev–Trinajstić information content (AvgIpc) is 2.46. The minimum Gasteiger partial charge on any atom is -0.381 e. The van der Waals surface area contributed by atoms with Gasteiger partial charge in [0.1, 0.15) is 0 Å². The minimum atomic E-state index is 0.192. The largest absolute Gasteiger partial charge is 0.381 e. The van der Waals surface area contributed by atoms with Crippen molar-refractivity contribution < 1.29 is 9.53 Å². The van der Waals surface area contributed by atoms with Gasteiger partial charge in [-0.2, -0.15) is 0 Å². The van der Waals surface area contributed by atoms with Gasteiger partial charge in [0.25, 0.3) is 0 Å². The third-order valence-corrected chi connectivity index (χ3v) is 3.93.